The number of allylic oxidation sites excluding steroid dienone is 1. The number of alkyl halides is 3. The van der Waals surface area contributed by atoms with Crippen molar-refractivity contribution in [3.63, 3.8) is 0 Å². The molecule has 2 heterocycles. The van der Waals surface area contributed by atoms with Crippen LogP contribution in [0.15, 0.2) is 40.6 Å². The molecule has 0 bridgehead atoms. The van der Waals surface area contributed by atoms with Gasteiger partial charge in [-0.1, -0.05) is 11.3 Å². The van der Waals surface area contributed by atoms with E-state index in [1.165, 1.54) is 16.8 Å². The Morgan fingerprint density at radius 3 is 2.92 bits per heavy atom. The van der Waals surface area contributed by atoms with E-state index in [4.69, 9.17) is 5.53 Å². The van der Waals surface area contributed by atoms with Crippen LogP contribution in [-0.4, -0.2) is 34.4 Å². The average molecular weight is 371 g/mol. The molecule has 0 radical (unpaired) electrons. The van der Waals surface area contributed by atoms with Gasteiger partial charge >= 0.3 is 6.18 Å². The van der Waals surface area contributed by atoms with Crippen molar-refractivity contribution in [1.82, 2.24) is 19.9 Å². The molecule has 1 unspecified atom stereocenters. The number of nitrogens with zero attached hydrogens (tertiary/aromatic N) is 4. The highest BCUT2D eigenvalue weighted by Gasteiger charge is 2.38. The fraction of sp³-hybridized carbons (Fsp3) is 0.467. The molecule has 2 aromatic heterocycles. The summed E-state index contributed by atoms with van der Waals surface area (Å²) in [5.74, 6) is -1.41. The van der Waals surface area contributed by atoms with Crippen LogP contribution in [0.5, 0.6) is 0 Å². The number of hydrogen-bond donors (Lipinski definition) is 3. The molecule has 2 rings (SSSR count). The van der Waals surface area contributed by atoms with Crippen molar-refractivity contribution >= 4 is 11.5 Å². The van der Waals surface area contributed by atoms with Gasteiger partial charge < -0.3 is 5.32 Å². The second-order valence-electron chi connectivity index (χ2n) is 5.65. The second-order valence-corrected chi connectivity index (χ2v) is 5.65. The van der Waals surface area contributed by atoms with E-state index in [9.17, 15) is 18.0 Å². The van der Waals surface area contributed by atoms with Crippen molar-refractivity contribution < 1.29 is 13.2 Å². The van der Waals surface area contributed by atoms with Gasteiger partial charge in [0, 0.05) is 12.4 Å². The summed E-state index contributed by atoms with van der Waals surface area (Å²) in [5.41, 5.74) is 7.11. The van der Waals surface area contributed by atoms with E-state index in [1.807, 2.05) is 0 Å². The van der Waals surface area contributed by atoms with Crippen molar-refractivity contribution in [3.8, 4) is 0 Å². The van der Waals surface area contributed by atoms with Gasteiger partial charge in [0.15, 0.2) is 0 Å². The number of fused-ring (bicyclic) bond motifs is 1. The summed E-state index contributed by atoms with van der Waals surface area (Å²) in [6, 6.07) is 3.22. The maximum absolute atomic E-state index is 13.0. The van der Waals surface area contributed by atoms with Crippen molar-refractivity contribution in [1.29, 1.82) is 5.53 Å². The van der Waals surface area contributed by atoms with Gasteiger partial charge in [-0.15, -0.1) is 5.10 Å². The molecule has 11 heteroatoms. The fourth-order valence-electron chi connectivity index (χ4n) is 2.45. The van der Waals surface area contributed by atoms with E-state index in [2.05, 4.69) is 20.6 Å². The fourth-order valence-corrected chi connectivity index (χ4v) is 2.45. The van der Waals surface area contributed by atoms with Crippen molar-refractivity contribution in [2.45, 2.75) is 25.4 Å². The number of rotatable bonds is 9. The van der Waals surface area contributed by atoms with Crippen molar-refractivity contribution in [3.05, 3.63) is 41.0 Å². The Hall–Kier alpha value is -2.69. The molecule has 0 amide bonds. The van der Waals surface area contributed by atoms with Crippen LogP contribution in [-0.2, 0) is 0 Å². The van der Waals surface area contributed by atoms with E-state index in [0.717, 1.165) is 5.01 Å². The van der Waals surface area contributed by atoms with E-state index in [-0.39, 0.29) is 31.8 Å². The molecule has 0 saturated carbocycles. The van der Waals surface area contributed by atoms with Crippen LogP contribution in [0.1, 0.15) is 19.3 Å². The first-order valence-corrected chi connectivity index (χ1v) is 7.99. The number of hydrogen-bond acceptors (Lipinski definition) is 5. The zero-order chi connectivity index (χ0) is 19.2. The SMILES string of the molecule is CNCCC(CC/C=C/N(N=N)c1nn2cccc2c(=O)[nH]1)C(F)(F)F. The first-order chi connectivity index (χ1) is 12.4. The lowest BCUT2D eigenvalue weighted by Gasteiger charge is -2.19. The minimum absolute atomic E-state index is 0.000451. The molecule has 0 aliphatic carbocycles. The number of halogens is 3. The standard InChI is InChI=1S/C15H20F3N7O/c1-20-8-7-11(15(16,17)18)5-2-3-9-25(23-19)14-21-13(26)12-6-4-10-24(12)22-14/h3-4,6,9-11,19-20H,2,5,7-8H2,1H3,(H,21,22,26)/b9-3+,23-19?. The Morgan fingerprint density at radius 1 is 1.50 bits per heavy atom. The molecule has 3 N–H and O–H groups in total. The molecular formula is C15H20F3N7O. The van der Waals surface area contributed by atoms with E-state index in [0.29, 0.717) is 5.52 Å². The summed E-state index contributed by atoms with van der Waals surface area (Å²) in [6.45, 7) is 0.282. The van der Waals surface area contributed by atoms with Crippen LogP contribution in [0, 0.1) is 11.4 Å². The lowest BCUT2D eigenvalue weighted by molar-refractivity contribution is -0.177. The van der Waals surface area contributed by atoms with Gasteiger partial charge in [0.1, 0.15) is 5.52 Å². The first kappa shape index (κ1) is 19.6. The summed E-state index contributed by atoms with van der Waals surface area (Å²) < 4.78 is 40.2. The molecule has 0 aliphatic heterocycles. The van der Waals surface area contributed by atoms with Gasteiger partial charge in [-0.05, 0) is 45.0 Å². The van der Waals surface area contributed by atoms with Gasteiger partial charge in [-0.3, -0.25) is 9.78 Å². The molecule has 142 valence electrons. The Balaban J connectivity index is 2.04. The van der Waals surface area contributed by atoms with E-state index < -0.39 is 17.7 Å². The zero-order valence-corrected chi connectivity index (χ0v) is 14.1. The van der Waals surface area contributed by atoms with Gasteiger partial charge in [-0.25, -0.2) is 4.52 Å². The van der Waals surface area contributed by atoms with Gasteiger partial charge in [0.05, 0.1) is 5.92 Å². The Kier molecular flexibility index (Phi) is 6.50. The van der Waals surface area contributed by atoms with Gasteiger partial charge in [-0.2, -0.15) is 23.7 Å². The van der Waals surface area contributed by atoms with Crippen LogP contribution in [0.25, 0.3) is 5.52 Å². The highest BCUT2D eigenvalue weighted by molar-refractivity contribution is 5.46. The van der Waals surface area contributed by atoms with Crippen molar-refractivity contribution in [2.75, 3.05) is 18.6 Å². The third kappa shape index (κ3) is 4.91. The Bertz CT molecular complexity index is 811. The summed E-state index contributed by atoms with van der Waals surface area (Å²) in [6.07, 6.45) is 0.164. The molecular weight excluding hydrogens is 351 g/mol. The molecule has 1 atom stereocenters. The molecule has 8 nitrogen and oxygen atoms in total. The van der Waals surface area contributed by atoms with Gasteiger partial charge in [0.25, 0.3) is 5.56 Å². The van der Waals surface area contributed by atoms with Crippen LogP contribution in [0.4, 0.5) is 19.1 Å². The first-order valence-electron chi connectivity index (χ1n) is 7.99. The molecule has 26 heavy (non-hydrogen) atoms. The predicted octanol–water partition coefficient (Wildman–Crippen LogP) is 2.86. The molecule has 0 aromatic carbocycles. The summed E-state index contributed by atoms with van der Waals surface area (Å²) in [4.78, 5) is 14.4. The molecule has 0 fully saturated rings. The summed E-state index contributed by atoms with van der Waals surface area (Å²) in [7, 11) is 1.61. The number of aromatic amines is 1. The van der Waals surface area contributed by atoms with Crippen LogP contribution >= 0.6 is 0 Å². The molecule has 0 spiro atoms. The summed E-state index contributed by atoms with van der Waals surface area (Å²) >= 11 is 0. The summed E-state index contributed by atoms with van der Waals surface area (Å²) in [5, 5.41) is 11.0. The number of anilines is 1. The number of H-pyrrole nitrogens is 1. The highest BCUT2D eigenvalue weighted by atomic mass is 19.4. The van der Waals surface area contributed by atoms with E-state index >= 15 is 0 Å². The quantitative estimate of drug-likeness (QED) is 0.466. The third-order valence-corrected chi connectivity index (χ3v) is 3.85. The minimum Gasteiger partial charge on any atom is -0.320 e. The highest BCUT2D eigenvalue weighted by Crippen LogP contribution is 2.32. The molecule has 2 aromatic rings. The Morgan fingerprint density at radius 2 is 2.27 bits per heavy atom. The lowest BCUT2D eigenvalue weighted by Crippen LogP contribution is -2.26. The lowest BCUT2D eigenvalue weighted by atomic mass is 9.99. The topological polar surface area (TPSA) is 102 Å². The third-order valence-electron chi connectivity index (χ3n) is 3.85. The normalized spacial score (nSPS) is 13.4. The molecule has 0 saturated heterocycles. The largest absolute Gasteiger partial charge is 0.391 e. The van der Waals surface area contributed by atoms with Crippen LogP contribution < -0.4 is 15.9 Å². The van der Waals surface area contributed by atoms with Crippen molar-refractivity contribution in [2.24, 2.45) is 11.1 Å². The van der Waals surface area contributed by atoms with E-state index in [1.54, 1.807) is 25.4 Å². The second kappa shape index (κ2) is 8.61. The monoisotopic (exact) mass is 371 g/mol. The predicted molar refractivity (Wildman–Crippen MR) is 89.9 cm³/mol. The van der Waals surface area contributed by atoms with Crippen LogP contribution in [0.3, 0.4) is 0 Å². The van der Waals surface area contributed by atoms with Gasteiger partial charge in [0.2, 0.25) is 5.95 Å². The maximum Gasteiger partial charge on any atom is 0.391 e. The zero-order valence-electron chi connectivity index (χ0n) is 14.1. The van der Waals surface area contributed by atoms with Crippen LogP contribution in [0.2, 0.25) is 0 Å². The minimum atomic E-state index is -4.25. The molecule has 0 aliphatic rings. The Labute approximate surface area is 147 Å². The smallest absolute Gasteiger partial charge is 0.320 e. The average Bonchev–Trinajstić information content (AvgIpc) is 3.05. The number of aromatic nitrogens is 3. The number of nitrogens with one attached hydrogen (secondary N) is 3. The maximum atomic E-state index is 13.0.